The lowest BCUT2D eigenvalue weighted by molar-refractivity contribution is -0.123. The zero-order valence-electron chi connectivity index (χ0n) is 14.3. The van der Waals surface area contributed by atoms with Crippen LogP contribution in [-0.4, -0.2) is 26.6 Å². The molecule has 0 spiro atoms. The summed E-state index contributed by atoms with van der Waals surface area (Å²) in [7, 11) is 0. The van der Waals surface area contributed by atoms with Crippen molar-refractivity contribution in [3.63, 3.8) is 0 Å². The average molecular weight is 328 g/mol. The summed E-state index contributed by atoms with van der Waals surface area (Å²) in [4.78, 5) is 20.6. The molecule has 1 fully saturated rings. The predicted molar refractivity (Wildman–Crippen MR) is 90.0 cm³/mol. The Kier molecular flexibility index (Phi) is 4.92. The van der Waals surface area contributed by atoms with Crippen LogP contribution >= 0.6 is 0 Å². The summed E-state index contributed by atoms with van der Waals surface area (Å²) < 4.78 is 5.23. The highest BCUT2D eigenvalue weighted by Gasteiger charge is 2.30. The number of amides is 1. The van der Waals surface area contributed by atoms with Crippen molar-refractivity contribution in [3.05, 3.63) is 30.4 Å². The van der Waals surface area contributed by atoms with Crippen molar-refractivity contribution in [3.8, 4) is 11.4 Å². The maximum Gasteiger partial charge on any atom is 0.227 e. The van der Waals surface area contributed by atoms with Gasteiger partial charge in [-0.05, 0) is 50.7 Å². The van der Waals surface area contributed by atoms with E-state index < -0.39 is 0 Å². The molecule has 24 heavy (non-hydrogen) atoms. The Balaban J connectivity index is 1.51. The van der Waals surface area contributed by atoms with Gasteiger partial charge in [0.25, 0.3) is 0 Å². The smallest absolute Gasteiger partial charge is 0.227 e. The molecule has 2 aromatic heterocycles. The fourth-order valence-corrected chi connectivity index (χ4v) is 3.11. The van der Waals surface area contributed by atoms with E-state index in [1.54, 1.807) is 12.4 Å². The highest BCUT2D eigenvalue weighted by molar-refractivity contribution is 5.76. The number of hydrogen-bond acceptors (Lipinski definition) is 5. The zero-order valence-corrected chi connectivity index (χ0v) is 14.3. The summed E-state index contributed by atoms with van der Waals surface area (Å²) in [5.41, 5.74) is 0.736. The first-order chi connectivity index (χ1) is 11.5. The Hall–Kier alpha value is -2.24. The Morgan fingerprint density at radius 3 is 2.92 bits per heavy atom. The van der Waals surface area contributed by atoms with E-state index in [2.05, 4.69) is 34.3 Å². The Bertz CT molecular complexity index is 675. The van der Waals surface area contributed by atoms with Gasteiger partial charge in [-0.15, -0.1) is 0 Å². The maximum atomic E-state index is 12.2. The van der Waals surface area contributed by atoms with Crippen LogP contribution < -0.4 is 5.32 Å². The Morgan fingerprint density at radius 2 is 2.21 bits per heavy atom. The van der Waals surface area contributed by atoms with Gasteiger partial charge in [0, 0.05) is 36.3 Å². The van der Waals surface area contributed by atoms with E-state index in [0.29, 0.717) is 24.6 Å². The van der Waals surface area contributed by atoms with Crippen LogP contribution in [-0.2, 0) is 11.2 Å². The predicted octanol–water partition coefficient (Wildman–Crippen LogP) is 3.15. The van der Waals surface area contributed by atoms with Crippen molar-refractivity contribution < 1.29 is 9.32 Å². The molecule has 1 aliphatic carbocycles. The summed E-state index contributed by atoms with van der Waals surface area (Å²) >= 11 is 0. The molecule has 0 atom stereocenters. The molecule has 0 aliphatic heterocycles. The minimum Gasteiger partial charge on any atom is -0.351 e. The van der Waals surface area contributed by atoms with E-state index in [4.69, 9.17) is 4.52 Å². The highest BCUT2D eigenvalue weighted by Crippen LogP contribution is 2.31. The second-order valence-corrected chi connectivity index (χ2v) is 7.04. The largest absolute Gasteiger partial charge is 0.351 e. The van der Waals surface area contributed by atoms with Gasteiger partial charge in [-0.25, -0.2) is 0 Å². The van der Waals surface area contributed by atoms with Gasteiger partial charge in [-0.1, -0.05) is 12.1 Å². The van der Waals surface area contributed by atoms with E-state index in [1.165, 1.54) is 12.8 Å². The van der Waals surface area contributed by atoms with E-state index >= 15 is 0 Å². The van der Waals surface area contributed by atoms with Crippen molar-refractivity contribution in [1.29, 1.82) is 0 Å². The van der Waals surface area contributed by atoms with Crippen molar-refractivity contribution in [2.45, 2.75) is 57.9 Å². The molecular formula is C18H24N4O2. The van der Waals surface area contributed by atoms with Crippen molar-refractivity contribution in [2.75, 3.05) is 0 Å². The van der Waals surface area contributed by atoms with Crippen molar-refractivity contribution in [2.24, 2.45) is 5.92 Å². The third kappa shape index (κ3) is 4.19. The number of nitrogens with one attached hydrogen (secondary N) is 1. The fraction of sp³-hybridized carbons (Fsp3) is 0.556. The highest BCUT2D eigenvalue weighted by atomic mass is 16.5. The van der Waals surface area contributed by atoms with Crippen LogP contribution in [0.15, 0.2) is 29.0 Å². The number of hydrogen-bond donors (Lipinski definition) is 1. The molecule has 3 rings (SSSR count). The van der Waals surface area contributed by atoms with Crippen LogP contribution in [0.3, 0.4) is 0 Å². The number of aromatic nitrogens is 3. The molecule has 0 aromatic carbocycles. The molecule has 2 aromatic rings. The first-order valence-electron chi connectivity index (χ1n) is 8.58. The topological polar surface area (TPSA) is 80.9 Å². The third-order valence-corrected chi connectivity index (χ3v) is 4.77. The summed E-state index contributed by atoms with van der Waals surface area (Å²) in [5.74, 6) is 1.80. The van der Waals surface area contributed by atoms with E-state index in [-0.39, 0.29) is 11.4 Å². The molecule has 1 amide bonds. The number of carbonyl (C=O) groups is 1. The number of carbonyl (C=O) groups excluding carboxylic acids is 1. The van der Waals surface area contributed by atoms with Gasteiger partial charge in [0.2, 0.25) is 17.6 Å². The fourth-order valence-electron chi connectivity index (χ4n) is 3.11. The van der Waals surface area contributed by atoms with Crippen LogP contribution in [0.5, 0.6) is 0 Å². The molecule has 0 unspecified atom stereocenters. The van der Waals surface area contributed by atoms with Crippen LogP contribution in [0.1, 0.15) is 51.8 Å². The summed E-state index contributed by atoms with van der Waals surface area (Å²) in [6.45, 7) is 4.42. The zero-order chi connectivity index (χ0) is 17.0. The minimum absolute atomic E-state index is 0.0492. The first kappa shape index (κ1) is 16.6. The third-order valence-electron chi connectivity index (χ3n) is 4.77. The maximum absolute atomic E-state index is 12.2. The van der Waals surface area contributed by atoms with Crippen LogP contribution in [0, 0.1) is 5.92 Å². The second kappa shape index (κ2) is 7.11. The van der Waals surface area contributed by atoms with E-state index in [1.807, 2.05) is 12.1 Å². The molecular weight excluding hydrogens is 304 g/mol. The van der Waals surface area contributed by atoms with Gasteiger partial charge in [0.1, 0.15) is 0 Å². The van der Waals surface area contributed by atoms with E-state index in [9.17, 15) is 4.79 Å². The number of aryl methyl sites for hydroxylation is 1. The lowest BCUT2D eigenvalue weighted by Gasteiger charge is -2.37. The molecule has 6 nitrogen and oxygen atoms in total. The molecule has 0 bridgehead atoms. The molecule has 1 aliphatic rings. The number of nitrogens with zero attached hydrogens (tertiary/aromatic N) is 3. The Labute approximate surface area is 142 Å². The van der Waals surface area contributed by atoms with E-state index in [0.717, 1.165) is 24.3 Å². The molecule has 1 N–H and O–H groups in total. The summed E-state index contributed by atoms with van der Waals surface area (Å²) in [6, 6.07) is 3.70. The van der Waals surface area contributed by atoms with Gasteiger partial charge in [0.15, 0.2) is 0 Å². The summed E-state index contributed by atoms with van der Waals surface area (Å²) in [5, 5.41) is 7.13. The number of pyridine rings is 1. The lowest BCUT2D eigenvalue weighted by atomic mass is 9.78. The summed E-state index contributed by atoms with van der Waals surface area (Å²) in [6.07, 6.45) is 8.64. The normalized spacial score (nSPS) is 23.8. The monoisotopic (exact) mass is 328 g/mol. The number of rotatable bonds is 5. The average Bonchev–Trinajstić information content (AvgIpc) is 3.06. The van der Waals surface area contributed by atoms with Gasteiger partial charge in [-0.3, -0.25) is 9.78 Å². The standard InChI is InChI=1S/C18H24N4O2/c1-13-7-9-18(2,10-8-13)21-15(23)5-6-16-20-17(22-24-16)14-4-3-11-19-12-14/h3-4,11-13H,5-10H2,1-2H3,(H,21,23). The SMILES string of the molecule is CC1CCC(C)(NC(=O)CCc2nc(-c3cccnc3)no2)CC1. The molecule has 0 saturated heterocycles. The van der Waals surface area contributed by atoms with Crippen LogP contribution in [0.25, 0.3) is 11.4 Å². The van der Waals surface area contributed by atoms with Crippen LogP contribution in [0.4, 0.5) is 0 Å². The second-order valence-electron chi connectivity index (χ2n) is 7.04. The van der Waals surface area contributed by atoms with Gasteiger partial charge in [-0.2, -0.15) is 4.98 Å². The molecule has 0 radical (unpaired) electrons. The molecule has 6 heteroatoms. The lowest BCUT2D eigenvalue weighted by Crippen LogP contribution is -2.48. The van der Waals surface area contributed by atoms with Crippen LogP contribution in [0.2, 0.25) is 0 Å². The van der Waals surface area contributed by atoms with Gasteiger partial charge < -0.3 is 9.84 Å². The molecule has 1 saturated carbocycles. The first-order valence-corrected chi connectivity index (χ1v) is 8.58. The molecule has 128 valence electrons. The minimum atomic E-state index is -0.0701. The van der Waals surface area contributed by atoms with Crippen molar-refractivity contribution >= 4 is 5.91 Å². The molecule has 2 heterocycles. The van der Waals surface area contributed by atoms with Crippen molar-refractivity contribution in [1.82, 2.24) is 20.4 Å². The Morgan fingerprint density at radius 1 is 1.42 bits per heavy atom. The van der Waals surface area contributed by atoms with Gasteiger partial charge >= 0.3 is 0 Å². The van der Waals surface area contributed by atoms with Gasteiger partial charge in [0.05, 0.1) is 0 Å². The quantitative estimate of drug-likeness (QED) is 0.912.